The summed E-state index contributed by atoms with van der Waals surface area (Å²) in [6.07, 6.45) is 0.802. The first-order valence-electron chi connectivity index (χ1n) is 8.85. The van der Waals surface area contributed by atoms with Crippen molar-refractivity contribution in [2.24, 2.45) is 0 Å². The van der Waals surface area contributed by atoms with Crippen LogP contribution < -0.4 is 24.7 Å². The summed E-state index contributed by atoms with van der Waals surface area (Å²) in [6.45, 7) is 3.24. The molecule has 1 aromatic heterocycles. The van der Waals surface area contributed by atoms with Gasteiger partial charge < -0.3 is 24.2 Å². The van der Waals surface area contributed by atoms with Gasteiger partial charge in [-0.1, -0.05) is 0 Å². The topological polar surface area (TPSA) is 90.2 Å². The average Bonchev–Trinajstić information content (AvgIpc) is 3.10. The zero-order valence-electron chi connectivity index (χ0n) is 15.4. The van der Waals surface area contributed by atoms with Gasteiger partial charge in [0.05, 0.1) is 26.3 Å². The smallest absolute Gasteiger partial charge is 0.265 e. The lowest BCUT2D eigenvalue weighted by Gasteiger charge is -2.33. The molecule has 2 aliphatic heterocycles. The van der Waals surface area contributed by atoms with Crippen molar-refractivity contribution in [2.75, 3.05) is 27.5 Å². The van der Waals surface area contributed by atoms with Crippen LogP contribution in [0.15, 0.2) is 10.9 Å². The van der Waals surface area contributed by atoms with Crippen LogP contribution in [0.1, 0.15) is 29.7 Å². The first-order valence-corrected chi connectivity index (χ1v) is 9.26. The number of aromatic amines is 1. The highest BCUT2D eigenvalue weighted by Gasteiger charge is 2.40. The molecule has 3 heterocycles. The Kier molecular flexibility index (Phi) is 4.35. The number of methoxy groups -OCH3 is 1. The molecule has 1 unspecified atom stereocenters. The van der Waals surface area contributed by atoms with Crippen molar-refractivity contribution in [2.45, 2.75) is 25.9 Å². The van der Waals surface area contributed by atoms with Crippen molar-refractivity contribution in [1.29, 1.82) is 0 Å². The lowest BCUT2D eigenvalue weighted by atomic mass is 9.87. The molecule has 1 aromatic carbocycles. The summed E-state index contributed by atoms with van der Waals surface area (Å²) in [5.41, 5.74) is 1.75. The lowest BCUT2D eigenvalue weighted by molar-refractivity contribution is -0.908. The fourth-order valence-electron chi connectivity index (χ4n) is 4.05. The molecular weight excluding hydrogens is 370 g/mol. The molecule has 0 aliphatic carbocycles. The monoisotopic (exact) mass is 392 g/mol. The van der Waals surface area contributed by atoms with Crippen LogP contribution in [0, 0.1) is 4.77 Å². The predicted molar refractivity (Wildman–Crippen MR) is 99.6 cm³/mol. The molecule has 0 saturated heterocycles. The van der Waals surface area contributed by atoms with E-state index in [9.17, 15) is 9.90 Å². The van der Waals surface area contributed by atoms with Crippen molar-refractivity contribution < 1.29 is 24.2 Å². The Hall–Kier alpha value is -2.52. The second-order valence-corrected chi connectivity index (χ2v) is 7.12. The second kappa shape index (κ2) is 6.58. The number of likely N-dealkylation sites (N-methyl/N-ethyl adjacent to an activating group) is 1. The number of quaternary nitrogens is 1. The van der Waals surface area contributed by atoms with Crippen LogP contribution in [0.25, 0.3) is 0 Å². The van der Waals surface area contributed by atoms with E-state index in [1.54, 1.807) is 7.11 Å². The van der Waals surface area contributed by atoms with Crippen molar-refractivity contribution in [3.8, 4) is 23.1 Å². The van der Waals surface area contributed by atoms with Crippen molar-refractivity contribution in [3.05, 3.63) is 37.9 Å². The number of hydrogen-bond donors (Lipinski definition) is 3. The molecule has 9 heteroatoms. The quantitative estimate of drug-likeness (QED) is 0.661. The number of nitrogens with one attached hydrogen (secondary N) is 2. The van der Waals surface area contributed by atoms with Crippen LogP contribution >= 0.6 is 12.2 Å². The van der Waals surface area contributed by atoms with Gasteiger partial charge in [0.25, 0.3) is 5.56 Å². The average molecular weight is 392 g/mol. The van der Waals surface area contributed by atoms with E-state index in [1.807, 2.05) is 20.0 Å². The van der Waals surface area contributed by atoms with E-state index < -0.39 is 6.04 Å². The molecule has 2 atom stereocenters. The zero-order valence-corrected chi connectivity index (χ0v) is 16.2. The minimum atomic E-state index is -0.421. The maximum Gasteiger partial charge on any atom is 0.265 e. The van der Waals surface area contributed by atoms with Crippen LogP contribution in [-0.2, 0) is 13.0 Å². The van der Waals surface area contributed by atoms with Gasteiger partial charge in [-0.15, -0.1) is 0 Å². The number of aromatic hydroxyl groups is 1. The third-order valence-corrected chi connectivity index (χ3v) is 5.65. The molecule has 0 spiro atoms. The highest BCUT2D eigenvalue weighted by atomic mass is 32.1. The van der Waals surface area contributed by atoms with E-state index in [0.717, 1.165) is 29.0 Å². The molecule has 0 bridgehead atoms. The van der Waals surface area contributed by atoms with Gasteiger partial charge in [0.1, 0.15) is 5.56 Å². The van der Waals surface area contributed by atoms with E-state index in [-0.39, 0.29) is 28.6 Å². The van der Waals surface area contributed by atoms with Gasteiger partial charge in [0.15, 0.2) is 22.3 Å². The number of ether oxygens (including phenoxy) is 3. The molecule has 0 fully saturated rings. The van der Waals surface area contributed by atoms with Crippen LogP contribution in [-0.4, -0.2) is 42.2 Å². The highest BCUT2D eigenvalue weighted by molar-refractivity contribution is 7.71. The minimum absolute atomic E-state index is 0.108. The predicted octanol–water partition coefficient (Wildman–Crippen LogP) is 0.529. The summed E-state index contributed by atoms with van der Waals surface area (Å²) in [7, 11) is 3.57. The van der Waals surface area contributed by atoms with Gasteiger partial charge in [-0.05, 0) is 30.8 Å². The molecule has 3 N–H and O–H groups in total. The van der Waals surface area contributed by atoms with Gasteiger partial charge in [-0.3, -0.25) is 14.3 Å². The van der Waals surface area contributed by atoms with Crippen LogP contribution in [0.5, 0.6) is 23.1 Å². The summed E-state index contributed by atoms with van der Waals surface area (Å²) in [5.74, 6) is 1.62. The Bertz CT molecular complexity index is 1030. The molecule has 4 rings (SSSR count). The Labute approximate surface area is 160 Å². The number of benzene rings is 1. The zero-order chi connectivity index (χ0) is 19.3. The van der Waals surface area contributed by atoms with Gasteiger partial charge in [0, 0.05) is 13.0 Å². The molecule has 27 heavy (non-hydrogen) atoms. The summed E-state index contributed by atoms with van der Waals surface area (Å²) in [5, 5.41) is 10.9. The van der Waals surface area contributed by atoms with E-state index in [4.69, 9.17) is 26.4 Å². The van der Waals surface area contributed by atoms with Crippen LogP contribution in [0.4, 0.5) is 0 Å². The largest absolute Gasteiger partial charge is 0.494 e. The van der Waals surface area contributed by atoms with Crippen LogP contribution in [0.3, 0.4) is 0 Å². The Morgan fingerprint density at radius 2 is 2.22 bits per heavy atom. The van der Waals surface area contributed by atoms with Crippen LogP contribution in [0.2, 0.25) is 0 Å². The number of H-pyrrole nitrogens is 1. The summed E-state index contributed by atoms with van der Waals surface area (Å²) >= 11 is 5.19. The van der Waals surface area contributed by atoms with Gasteiger partial charge in [-0.2, -0.15) is 0 Å². The second-order valence-electron chi connectivity index (χ2n) is 6.74. The van der Waals surface area contributed by atoms with Gasteiger partial charge in [0.2, 0.25) is 18.4 Å². The number of rotatable bonds is 3. The standard InChI is InChI=1S/C18H21N3O5S/c1-4-21-17(23)12(16(22)19-18(21)27)13-11-9(5-6-20(13)2)7-10-14(15(11)24-3)26-8-25-10/h7,13,23H,4-6,8H2,1-3H3,(H,19,22,27)/p+1/t13-/m1/s1. The molecule has 8 nitrogen and oxygen atoms in total. The Balaban J connectivity index is 2.03. The van der Waals surface area contributed by atoms with Crippen molar-refractivity contribution in [3.63, 3.8) is 0 Å². The summed E-state index contributed by atoms with van der Waals surface area (Å²) in [6, 6.07) is 1.52. The van der Waals surface area contributed by atoms with Crippen molar-refractivity contribution >= 4 is 12.2 Å². The van der Waals surface area contributed by atoms with Gasteiger partial charge >= 0.3 is 0 Å². The lowest BCUT2D eigenvalue weighted by Crippen LogP contribution is -3.10. The maximum atomic E-state index is 12.8. The Morgan fingerprint density at radius 1 is 1.44 bits per heavy atom. The number of hydrogen-bond acceptors (Lipinski definition) is 6. The fraction of sp³-hybridized carbons (Fsp3) is 0.444. The minimum Gasteiger partial charge on any atom is -0.494 e. The number of nitrogens with zero attached hydrogens (tertiary/aromatic N) is 1. The summed E-state index contributed by atoms with van der Waals surface area (Å²) in [4.78, 5) is 16.6. The molecule has 0 saturated carbocycles. The Morgan fingerprint density at radius 3 is 2.93 bits per heavy atom. The first-order chi connectivity index (χ1) is 13.0. The molecule has 0 amide bonds. The third-order valence-electron chi connectivity index (χ3n) is 5.33. The van der Waals surface area contributed by atoms with Gasteiger partial charge in [-0.25, -0.2) is 0 Å². The van der Waals surface area contributed by atoms with E-state index >= 15 is 0 Å². The third kappa shape index (κ3) is 2.61. The number of fused-ring (bicyclic) bond motifs is 2. The number of aromatic nitrogens is 2. The van der Waals surface area contributed by atoms with E-state index in [0.29, 0.717) is 23.8 Å². The summed E-state index contributed by atoms with van der Waals surface area (Å²) < 4.78 is 18.5. The molecule has 2 aromatic rings. The van der Waals surface area contributed by atoms with E-state index in [1.165, 1.54) is 4.57 Å². The SMILES string of the molecule is CCn1c(O)c([C@H]2c3c(cc4c(c3OC)OCO4)CC[NH+]2C)c(=O)[nH]c1=S. The fourth-order valence-corrected chi connectivity index (χ4v) is 4.35. The highest BCUT2D eigenvalue weighted by Crippen LogP contribution is 2.48. The normalized spacial score (nSPS) is 20.4. The molecule has 0 radical (unpaired) electrons. The first kappa shape index (κ1) is 17.9. The van der Waals surface area contributed by atoms with Crippen molar-refractivity contribution in [1.82, 2.24) is 9.55 Å². The maximum absolute atomic E-state index is 12.8. The molecular formula is C18H22N3O5S+. The molecule has 144 valence electrons. The van der Waals surface area contributed by atoms with E-state index in [2.05, 4.69) is 4.98 Å². The molecule has 2 aliphatic rings.